The molecule has 1 aromatic rings. The average Bonchev–Trinajstić information content (AvgIpc) is 3.07. The highest BCUT2D eigenvalue weighted by Crippen LogP contribution is 2.40. The lowest BCUT2D eigenvalue weighted by Crippen LogP contribution is -2.70. The normalized spacial score (nSPS) is 22.7. The van der Waals surface area contributed by atoms with Gasteiger partial charge in [0, 0.05) is 5.75 Å². The van der Waals surface area contributed by atoms with Gasteiger partial charge in [0.15, 0.2) is 5.76 Å². The maximum Gasteiger partial charge on any atom is 0.352 e. The third-order valence-corrected chi connectivity index (χ3v) is 5.05. The van der Waals surface area contributed by atoms with Gasteiger partial charge in [0.05, 0.1) is 0 Å². The van der Waals surface area contributed by atoms with E-state index in [1.807, 2.05) is 0 Å². The number of alkyl halides is 1. The first-order valence-corrected chi connectivity index (χ1v) is 8.02. The van der Waals surface area contributed by atoms with Gasteiger partial charge in [-0.3, -0.25) is 14.5 Å². The van der Waals surface area contributed by atoms with Crippen LogP contribution >= 0.6 is 11.8 Å². The first kappa shape index (κ1) is 16.3. The molecule has 7 nitrogen and oxygen atoms in total. The van der Waals surface area contributed by atoms with E-state index >= 15 is 0 Å². The van der Waals surface area contributed by atoms with Crippen molar-refractivity contribution in [3.63, 3.8) is 0 Å². The number of nitrogens with zero attached hydrogens (tertiary/aromatic N) is 1. The largest absolute Gasteiger partial charge is 0.477 e. The van der Waals surface area contributed by atoms with Crippen LogP contribution in [0.15, 0.2) is 40.5 Å². The SMILES string of the molecule is C=CC1=C(C(=O)O)N2C(=O)[C@@H](NC(=O)c3ccc(CF)o3)[C@H]2SC1. The number of nitrogens with one attached hydrogen (secondary N) is 1. The minimum atomic E-state index is -1.22. The second-order valence-electron chi connectivity index (χ2n) is 5.14. The number of hydrogen-bond acceptors (Lipinski definition) is 5. The van der Waals surface area contributed by atoms with E-state index in [0.29, 0.717) is 11.3 Å². The molecule has 2 atom stereocenters. The van der Waals surface area contributed by atoms with E-state index in [4.69, 9.17) is 4.42 Å². The molecule has 1 fully saturated rings. The monoisotopic (exact) mass is 352 g/mol. The molecule has 0 aliphatic carbocycles. The molecule has 0 spiro atoms. The predicted octanol–water partition coefficient (Wildman–Crippen LogP) is 1.29. The molecule has 3 heterocycles. The Morgan fingerprint density at radius 3 is 2.88 bits per heavy atom. The maximum absolute atomic E-state index is 12.5. The molecule has 2 aliphatic rings. The Labute approximate surface area is 140 Å². The number of hydrogen-bond donors (Lipinski definition) is 2. The van der Waals surface area contributed by atoms with E-state index in [-0.39, 0.29) is 17.2 Å². The Morgan fingerprint density at radius 1 is 1.54 bits per heavy atom. The summed E-state index contributed by atoms with van der Waals surface area (Å²) in [7, 11) is 0. The number of amides is 2. The summed E-state index contributed by atoms with van der Waals surface area (Å²) in [5.41, 5.74) is 0.350. The first-order valence-electron chi connectivity index (χ1n) is 6.97. The van der Waals surface area contributed by atoms with Gasteiger partial charge in [0.1, 0.15) is 29.5 Å². The number of fused-ring (bicyclic) bond motifs is 1. The van der Waals surface area contributed by atoms with E-state index < -0.39 is 35.9 Å². The van der Waals surface area contributed by atoms with Gasteiger partial charge >= 0.3 is 5.97 Å². The van der Waals surface area contributed by atoms with Crippen LogP contribution in [0.3, 0.4) is 0 Å². The van der Waals surface area contributed by atoms with Gasteiger partial charge in [-0.1, -0.05) is 12.7 Å². The summed E-state index contributed by atoms with van der Waals surface area (Å²) in [6.07, 6.45) is 1.41. The average molecular weight is 352 g/mol. The summed E-state index contributed by atoms with van der Waals surface area (Å²) >= 11 is 1.33. The highest BCUT2D eigenvalue weighted by atomic mass is 32.2. The third kappa shape index (κ3) is 2.50. The molecule has 0 saturated carbocycles. The van der Waals surface area contributed by atoms with Crippen molar-refractivity contribution < 1.29 is 28.3 Å². The number of halogens is 1. The molecule has 3 rings (SSSR count). The van der Waals surface area contributed by atoms with Crippen molar-refractivity contribution in [1.82, 2.24) is 10.2 Å². The van der Waals surface area contributed by atoms with Gasteiger partial charge in [-0.05, 0) is 17.7 Å². The van der Waals surface area contributed by atoms with Gasteiger partial charge in [-0.2, -0.15) is 0 Å². The molecule has 0 unspecified atom stereocenters. The summed E-state index contributed by atoms with van der Waals surface area (Å²) in [6.45, 7) is 2.72. The number of allylic oxidation sites excluding steroid dienone is 1. The van der Waals surface area contributed by atoms with E-state index in [2.05, 4.69) is 11.9 Å². The van der Waals surface area contributed by atoms with Gasteiger partial charge < -0.3 is 14.8 Å². The fourth-order valence-corrected chi connectivity index (χ4v) is 3.92. The van der Waals surface area contributed by atoms with E-state index in [0.717, 1.165) is 4.90 Å². The van der Waals surface area contributed by atoms with Gasteiger partial charge in [-0.25, -0.2) is 9.18 Å². The second kappa shape index (κ2) is 6.16. The molecular weight excluding hydrogens is 339 g/mol. The summed E-state index contributed by atoms with van der Waals surface area (Å²) in [5, 5.41) is 11.3. The number of carbonyl (C=O) groups excluding carboxylic acids is 2. The molecule has 0 aromatic carbocycles. The Morgan fingerprint density at radius 2 is 2.29 bits per heavy atom. The van der Waals surface area contributed by atoms with Crippen LogP contribution in [0.25, 0.3) is 0 Å². The molecule has 1 saturated heterocycles. The van der Waals surface area contributed by atoms with Crippen molar-refractivity contribution in [1.29, 1.82) is 0 Å². The number of rotatable bonds is 5. The molecular formula is C15H13FN2O5S. The van der Waals surface area contributed by atoms with Crippen LogP contribution in [0.2, 0.25) is 0 Å². The number of carboxylic acid groups (broad SMARTS) is 1. The zero-order chi connectivity index (χ0) is 17.4. The van der Waals surface area contributed by atoms with Gasteiger partial charge in [-0.15, -0.1) is 11.8 Å². The van der Waals surface area contributed by atoms with Crippen molar-refractivity contribution >= 4 is 29.5 Å². The quantitative estimate of drug-likeness (QED) is 0.775. The topological polar surface area (TPSA) is 99.9 Å². The molecule has 2 N–H and O–H groups in total. The highest BCUT2D eigenvalue weighted by Gasteiger charge is 2.54. The number of β-lactam (4-membered cyclic amide) rings is 1. The number of carbonyl (C=O) groups is 3. The van der Waals surface area contributed by atoms with Crippen molar-refractivity contribution in [3.8, 4) is 0 Å². The van der Waals surface area contributed by atoms with E-state index in [9.17, 15) is 23.9 Å². The van der Waals surface area contributed by atoms with Crippen molar-refractivity contribution in [2.45, 2.75) is 18.1 Å². The van der Waals surface area contributed by atoms with Crippen LogP contribution in [0.5, 0.6) is 0 Å². The van der Waals surface area contributed by atoms with E-state index in [1.54, 1.807) is 0 Å². The van der Waals surface area contributed by atoms with Crippen LogP contribution in [0.4, 0.5) is 4.39 Å². The summed E-state index contributed by atoms with van der Waals surface area (Å²) < 4.78 is 17.4. The number of aliphatic carboxylic acids is 1. The summed E-state index contributed by atoms with van der Waals surface area (Å²) in [6, 6.07) is 1.79. The van der Waals surface area contributed by atoms with Crippen LogP contribution in [0, 0.1) is 0 Å². The third-order valence-electron chi connectivity index (χ3n) is 3.75. The standard InChI is InChI=1S/C15H13FN2O5S/c1-2-7-6-24-14-10(13(20)18(14)11(7)15(21)22)17-12(19)9-4-3-8(5-16)23-9/h2-4,10,14H,1,5-6H2,(H,17,19)(H,21,22)/t10-,14-/m1/s1. The zero-order valence-corrected chi connectivity index (χ0v) is 13.1. The lowest BCUT2D eigenvalue weighted by molar-refractivity contribution is -0.148. The van der Waals surface area contributed by atoms with Crippen molar-refractivity contribution in [2.24, 2.45) is 0 Å². The lowest BCUT2D eigenvalue weighted by atomic mass is 10.0. The summed E-state index contributed by atoms with van der Waals surface area (Å²) in [5.74, 6) is -2.10. The predicted molar refractivity (Wildman–Crippen MR) is 82.7 cm³/mol. The molecule has 0 bridgehead atoms. The summed E-state index contributed by atoms with van der Waals surface area (Å²) in [4.78, 5) is 36.9. The lowest BCUT2D eigenvalue weighted by Gasteiger charge is -2.49. The van der Waals surface area contributed by atoms with E-state index in [1.165, 1.54) is 30.0 Å². The molecule has 2 aliphatic heterocycles. The van der Waals surface area contributed by atoms with Gasteiger partial charge in [0.2, 0.25) is 0 Å². The van der Waals surface area contributed by atoms with Crippen molar-refractivity contribution in [2.75, 3.05) is 5.75 Å². The first-order chi connectivity index (χ1) is 11.5. The number of thioether (sulfide) groups is 1. The minimum Gasteiger partial charge on any atom is -0.477 e. The van der Waals surface area contributed by atoms with Gasteiger partial charge in [0.25, 0.3) is 11.8 Å². The maximum atomic E-state index is 12.5. The Bertz CT molecular complexity index is 772. The zero-order valence-electron chi connectivity index (χ0n) is 12.3. The molecule has 9 heteroatoms. The minimum absolute atomic E-state index is 0.0143. The second-order valence-corrected chi connectivity index (χ2v) is 6.25. The highest BCUT2D eigenvalue weighted by molar-refractivity contribution is 8.00. The van der Waals surface area contributed by atoms with Crippen LogP contribution < -0.4 is 5.32 Å². The molecule has 2 amide bonds. The Kier molecular flexibility index (Phi) is 4.18. The number of furan rings is 1. The Hall–Kier alpha value is -2.55. The van der Waals surface area contributed by atoms with Crippen molar-refractivity contribution in [3.05, 3.63) is 47.6 Å². The van der Waals surface area contributed by atoms with Crippen LogP contribution in [0.1, 0.15) is 16.3 Å². The molecule has 126 valence electrons. The molecule has 0 radical (unpaired) electrons. The Balaban J connectivity index is 1.76. The molecule has 24 heavy (non-hydrogen) atoms. The van der Waals surface area contributed by atoms with Crippen LogP contribution in [-0.2, 0) is 16.3 Å². The molecule has 1 aromatic heterocycles. The van der Waals surface area contributed by atoms with Crippen LogP contribution in [-0.4, -0.2) is 45.0 Å². The smallest absolute Gasteiger partial charge is 0.352 e. The fourth-order valence-electron chi connectivity index (χ4n) is 2.58. The fraction of sp³-hybridized carbons (Fsp3) is 0.267. The number of carboxylic acids is 1.